The minimum absolute atomic E-state index is 0.0410. The van der Waals surface area contributed by atoms with Crippen molar-refractivity contribution in [3.8, 4) is 5.75 Å². The normalized spacial score (nSPS) is 21.0. The van der Waals surface area contributed by atoms with Gasteiger partial charge < -0.3 is 15.2 Å². The number of carboxylic acids is 1. The van der Waals surface area contributed by atoms with E-state index in [1.54, 1.807) is 7.11 Å². The summed E-state index contributed by atoms with van der Waals surface area (Å²) in [6.45, 7) is 1.88. The summed E-state index contributed by atoms with van der Waals surface area (Å²) in [5.41, 5.74) is 0.947. The molecule has 1 fully saturated rings. The van der Waals surface area contributed by atoms with Gasteiger partial charge in [-0.2, -0.15) is 0 Å². The lowest BCUT2D eigenvalue weighted by Gasteiger charge is -2.17. The first-order valence-corrected chi connectivity index (χ1v) is 8.59. The Morgan fingerprint density at radius 2 is 1.88 bits per heavy atom. The SMILES string of the molecule is COc1ccc2cc(C(C)C(=O)N[C@@H]3CC[C@H](C(=O)O)C3)ccc2c1. The first-order chi connectivity index (χ1) is 12.0. The summed E-state index contributed by atoms with van der Waals surface area (Å²) in [6.07, 6.45) is 1.88. The maximum Gasteiger partial charge on any atom is 0.306 e. The Kier molecular flexibility index (Phi) is 4.93. The van der Waals surface area contributed by atoms with Crippen LogP contribution in [-0.2, 0) is 9.59 Å². The molecular formula is C20H23NO4. The van der Waals surface area contributed by atoms with Crippen LogP contribution >= 0.6 is 0 Å². The van der Waals surface area contributed by atoms with E-state index in [9.17, 15) is 9.59 Å². The zero-order chi connectivity index (χ0) is 18.0. The van der Waals surface area contributed by atoms with Crippen molar-refractivity contribution in [2.24, 2.45) is 5.92 Å². The van der Waals surface area contributed by atoms with Crippen LogP contribution in [0, 0.1) is 5.92 Å². The van der Waals surface area contributed by atoms with E-state index in [4.69, 9.17) is 9.84 Å². The van der Waals surface area contributed by atoms with E-state index >= 15 is 0 Å². The Morgan fingerprint density at radius 3 is 2.56 bits per heavy atom. The van der Waals surface area contributed by atoms with Crippen molar-refractivity contribution >= 4 is 22.6 Å². The van der Waals surface area contributed by atoms with Crippen LogP contribution in [0.1, 0.15) is 37.7 Å². The van der Waals surface area contributed by atoms with Crippen LogP contribution in [0.25, 0.3) is 10.8 Å². The van der Waals surface area contributed by atoms with E-state index in [-0.39, 0.29) is 23.8 Å². The summed E-state index contributed by atoms with van der Waals surface area (Å²) in [6, 6.07) is 11.8. The van der Waals surface area contributed by atoms with E-state index < -0.39 is 5.97 Å². The van der Waals surface area contributed by atoms with Crippen LogP contribution < -0.4 is 10.1 Å². The first kappa shape index (κ1) is 17.3. The highest BCUT2D eigenvalue weighted by Gasteiger charge is 2.31. The molecule has 2 aromatic rings. The summed E-state index contributed by atoms with van der Waals surface area (Å²) >= 11 is 0. The van der Waals surface area contributed by atoms with Crippen LogP contribution in [-0.4, -0.2) is 30.1 Å². The molecule has 1 unspecified atom stereocenters. The maximum atomic E-state index is 12.5. The number of carbonyl (C=O) groups is 2. The van der Waals surface area contributed by atoms with Gasteiger partial charge in [-0.3, -0.25) is 9.59 Å². The van der Waals surface area contributed by atoms with Crippen LogP contribution in [0.15, 0.2) is 36.4 Å². The summed E-state index contributed by atoms with van der Waals surface area (Å²) in [7, 11) is 1.64. The van der Waals surface area contributed by atoms with E-state index in [1.807, 2.05) is 43.3 Å². The molecule has 25 heavy (non-hydrogen) atoms. The van der Waals surface area contributed by atoms with Gasteiger partial charge in [0.15, 0.2) is 0 Å². The largest absolute Gasteiger partial charge is 0.497 e. The zero-order valence-corrected chi connectivity index (χ0v) is 14.5. The number of methoxy groups -OCH3 is 1. The molecule has 0 radical (unpaired) electrons. The van der Waals surface area contributed by atoms with E-state index in [2.05, 4.69) is 5.32 Å². The lowest BCUT2D eigenvalue weighted by Crippen LogP contribution is -2.36. The molecule has 0 saturated heterocycles. The molecule has 1 aliphatic rings. The number of hydrogen-bond donors (Lipinski definition) is 2. The Bertz CT molecular complexity index is 801. The van der Waals surface area contributed by atoms with Gasteiger partial charge in [-0.25, -0.2) is 0 Å². The topological polar surface area (TPSA) is 75.6 Å². The van der Waals surface area contributed by atoms with Gasteiger partial charge in [0.05, 0.1) is 18.9 Å². The highest BCUT2D eigenvalue weighted by Crippen LogP contribution is 2.28. The molecule has 2 N–H and O–H groups in total. The van der Waals surface area contributed by atoms with Crippen molar-refractivity contribution in [3.63, 3.8) is 0 Å². The number of ether oxygens (including phenoxy) is 1. The second-order valence-corrected chi connectivity index (χ2v) is 6.75. The smallest absolute Gasteiger partial charge is 0.306 e. The minimum atomic E-state index is -0.769. The molecule has 3 atom stereocenters. The Labute approximate surface area is 147 Å². The molecule has 0 bridgehead atoms. The van der Waals surface area contributed by atoms with Crippen LogP contribution in [0.2, 0.25) is 0 Å². The molecule has 0 aliphatic heterocycles. The fourth-order valence-corrected chi connectivity index (χ4v) is 3.45. The second-order valence-electron chi connectivity index (χ2n) is 6.75. The van der Waals surface area contributed by atoms with Gasteiger partial charge in [0.2, 0.25) is 5.91 Å². The highest BCUT2D eigenvalue weighted by molar-refractivity contribution is 5.88. The molecule has 0 aromatic heterocycles. The number of aliphatic carboxylic acids is 1. The highest BCUT2D eigenvalue weighted by atomic mass is 16.5. The van der Waals surface area contributed by atoms with E-state index in [0.717, 1.165) is 28.5 Å². The third-order valence-corrected chi connectivity index (χ3v) is 5.09. The van der Waals surface area contributed by atoms with Crippen molar-refractivity contribution in [2.75, 3.05) is 7.11 Å². The molecule has 5 heteroatoms. The van der Waals surface area contributed by atoms with Crippen LogP contribution in [0.3, 0.4) is 0 Å². The standard InChI is InChI=1S/C20H23NO4/c1-12(19(22)21-17-7-5-16(10-17)20(23)24)13-3-4-15-11-18(25-2)8-6-14(15)9-13/h3-4,6,8-9,11-12,16-17H,5,7,10H2,1-2H3,(H,21,22)(H,23,24)/t12?,16-,17+/m0/s1. The van der Waals surface area contributed by atoms with Crippen LogP contribution in [0.4, 0.5) is 0 Å². The maximum absolute atomic E-state index is 12.5. The molecule has 1 aliphatic carbocycles. The van der Waals surface area contributed by atoms with Crippen molar-refractivity contribution in [1.82, 2.24) is 5.32 Å². The number of benzene rings is 2. The molecule has 2 aromatic carbocycles. The lowest BCUT2D eigenvalue weighted by molar-refractivity contribution is -0.141. The molecule has 1 saturated carbocycles. The molecule has 0 spiro atoms. The minimum Gasteiger partial charge on any atom is -0.497 e. The van der Waals surface area contributed by atoms with Crippen molar-refractivity contribution in [2.45, 2.75) is 38.1 Å². The Balaban J connectivity index is 1.69. The number of amides is 1. The van der Waals surface area contributed by atoms with Crippen molar-refractivity contribution in [1.29, 1.82) is 0 Å². The number of nitrogens with one attached hydrogen (secondary N) is 1. The molecule has 5 nitrogen and oxygen atoms in total. The number of carbonyl (C=O) groups excluding carboxylic acids is 1. The monoisotopic (exact) mass is 341 g/mol. The van der Waals surface area contributed by atoms with E-state index in [1.165, 1.54) is 0 Å². The lowest BCUT2D eigenvalue weighted by atomic mass is 9.96. The van der Waals surface area contributed by atoms with Gasteiger partial charge in [0.25, 0.3) is 0 Å². The number of hydrogen-bond acceptors (Lipinski definition) is 3. The number of fused-ring (bicyclic) bond motifs is 1. The zero-order valence-electron chi connectivity index (χ0n) is 14.5. The second kappa shape index (κ2) is 7.13. The fraction of sp³-hybridized carbons (Fsp3) is 0.400. The summed E-state index contributed by atoms with van der Waals surface area (Å²) < 4.78 is 5.23. The summed E-state index contributed by atoms with van der Waals surface area (Å²) in [5.74, 6) is -0.634. The van der Waals surface area contributed by atoms with Gasteiger partial charge in [-0.1, -0.05) is 24.3 Å². The third kappa shape index (κ3) is 3.76. The van der Waals surface area contributed by atoms with Crippen molar-refractivity contribution < 1.29 is 19.4 Å². The third-order valence-electron chi connectivity index (χ3n) is 5.09. The Hall–Kier alpha value is -2.56. The van der Waals surface area contributed by atoms with Gasteiger partial charge >= 0.3 is 5.97 Å². The average molecular weight is 341 g/mol. The summed E-state index contributed by atoms with van der Waals surface area (Å²) in [5, 5.41) is 14.2. The molecule has 1 amide bonds. The van der Waals surface area contributed by atoms with E-state index in [0.29, 0.717) is 12.8 Å². The molecule has 132 valence electrons. The van der Waals surface area contributed by atoms with Crippen LogP contribution in [0.5, 0.6) is 5.75 Å². The average Bonchev–Trinajstić information content (AvgIpc) is 3.08. The predicted molar refractivity (Wildman–Crippen MR) is 95.8 cm³/mol. The van der Waals surface area contributed by atoms with Crippen molar-refractivity contribution in [3.05, 3.63) is 42.0 Å². The fourth-order valence-electron chi connectivity index (χ4n) is 3.45. The molecular weight excluding hydrogens is 318 g/mol. The first-order valence-electron chi connectivity index (χ1n) is 8.59. The van der Waals surface area contributed by atoms with Gasteiger partial charge in [-0.05, 0) is 54.7 Å². The summed E-state index contributed by atoms with van der Waals surface area (Å²) in [4.78, 5) is 23.6. The number of carboxylic acid groups (broad SMARTS) is 1. The number of rotatable bonds is 5. The Morgan fingerprint density at radius 1 is 1.16 bits per heavy atom. The molecule has 3 rings (SSSR count). The molecule has 0 heterocycles. The predicted octanol–water partition coefficient (Wildman–Crippen LogP) is 3.32. The van der Waals surface area contributed by atoms with Gasteiger partial charge in [-0.15, -0.1) is 0 Å². The van der Waals surface area contributed by atoms with Gasteiger partial charge in [0.1, 0.15) is 5.75 Å². The quantitative estimate of drug-likeness (QED) is 0.875. The van der Waals surface area contributed by atoms with Gasteiger partial charge in [0, 0.05) is 6.04 Å².